The molecule has 1 amide bonds. The van der Waals surface area contributed by atoms with Crippen molar-refractivity contribution in [2.24, 2.45) is 5.41 Å². The Hall–Kier alpha value is -1.30. The largest absolute Gasteiger partial charge is 0.481 e. The van der Waals surface area contributed by atoms with Crippen LogP contribution in [0.4, 0.5) is 0 Å². The first-order chi connectivity index (χ1) is 11.4. The Morgan fingerprint density at radius 1 is 1.38 bits per heavy atom. The molecule has 24 heavy (non-hydrogen) atoms. The van der Waals surface area contributed by atoms with Crippen LogP contribution >= 0.6 is 23.2 Å². The molecule has 1 aliphatic heterocycles. The maximum absolute atomic E-state index is 12.5. The van der Waals surface area contributed by atoms with Gasteiger partial charge in [0.1, 0.15) is 5.41 Å². The number of rotatable bonds is 6. The van der Waals surface area contributed by atoms with E-state index in [0.717, 1.165) is 5.56 Å². The van der Waals surface area contributed by atoms with E-state index in [4.69, 9.17) is 27.9 Å². The standard InChI is InChI=1S/C17H21Cl2NO4/c1-24-11-17(16(22)23)7-2-8-20(10-17)15(21)6-4-12-3-5-13(18)9-14(12)19/h3,5,9H,2,4,6-8,10-11H2,1H3,(H,22,23). The molecule has 1 fully saturated rings. The van der Waals surface area contributed by atoms with Crippen molar-refractivity contribution in [3.05, 3.63) is 33.8 Å². The fourth-order valence-corrected chi connectivity index (χ4v) is 3.60. The molecule has 0 bridgehead atoms. The van der Waals surface area contributed by atoms with Gasteiger partial charge < -0.3 is 14.7 Å². The fourth-order valence-electron chi connectivity index (χ4n) is 3.10. The first-order valence-electron chi connectivity index (χ1n) is 7.82. The summed E-state index contributed by atoms with van der Waals surface area (Å²) in [6.45, 7) is 0.865. The van der Waals surface area contributed by atoms with Crippen LogP contribution in [0.5, 0.6) is 0 Å². The summed E-state index contributed by atoms with van der Waals surface area (Å²) in [5, 5.41) is 10.6. The van der Waals surface area contributed by atoms with Gasteiger partial charge in [0.15, 0.2) is 0 Å². The van der Waals surface area contributed by atoms with Crippen LogP contribution in [0.1, 0.15) is 24.8 Å². The first-order valence-corrected chi connectivity index (χ1v) is 8.57. The molecule has 132 valence electrons. The van der Waals surface area contributed by atoms with Gasteiger partial charge >= 0.3 is 5.97 Å². The number of aryl methyl sites for hydroxylation is 1. The van der Waals surface area contributed by atoms with Crippen molar-refractivity contribution in [1.29, 1.82) is 0 Å². The molecule has 2 rings (SSSR count). The van der Waals surface area contributed by atoms with Gasteiger partial charge in [0.05, 0.1) is 6.61 Å². The zero-order valence-corrected chi connectivity index (χ0v) is 15.1. The summed E-state index contributed by atoms with van der Waals surface area (Å²) >= 11 is 12.0. The number of carboxylic acid groups (broad SMARTS) is 1. The number of methoxy groups -OCH3 is 1. The van der Waals surface area contributed by atoms with E-state index in [2.05, 4.69) is 0 Å². The van der Waals surface area contributed by atoms with E-state index < -0.39 is 11.4 Å². The Labute approximate surface area is 151 Å². The topological polar surface area (TPSA) is 66.8 Å². The second-order valence-electron chi connectivity index (χ2n) is 6.17. The van der Waals surface area contributed by atoms with Crippen LogP contribution in [0.2, 0.25) is 10.0 Å². The summed E-state index contributed by atoms with van der Waals surface area (Å²) in [5.41, 5.74) is -0.159. The Bertz CT molecular complexity index is 619. The number of hydrogen-bond donors (Lipinski definition) is 1. The predicted molar refractivity (Wildman–Crippen MR) is 92.5 cm³/mol. The van der Waals surface area contributed by atoms with Gasteiger partial charge in [-0.1, -0.05) is 29.3 Å². The van der Waals surface area contributed by atoms with Gasteiger partial charge in [-0.2, -0.15) is 0 Å². The average Bonchev–Trinajstić information content (AvgIpc) is 2.54. The Morgan fingerprint density at radius 3 is 2.75 bits per heavy atom. The lowest BCUT2D eigenvalue weighted by Crippen LogP contribution is -2.52. The second kappa shape index (κ2) is 8.19. The van der Waals surface area contributed by atoms with E-state index in [1.165, 1.54) is 7.11 Å². The summed E-state index contributed by atoms with van der Waals surface area (Å²) in [4.78, 5) is 25.8. The van der Waals surface area contributed by atoms with Crippen LogP contribution in [0.3, 0.4) is 0 Å². The number of ether oxygens (including phenoxy) is 1. The zero-order valence-electron chi connectivity index (χ0n) is 13.6. The highest BCUT2D eigenvalue weighted by Gasteiger charge is 2.43. The number of likely N-dealkylation sites (tertiary alicyclic amines) is 1. The lowest BCUT2D eigenvalue weighted by Gasteiger charge is -2.39. The highest BCUT2D eigenvalue weighted by molar-refractivity contribution is 6.35. The normalized spacial score (nSPS) is 20.9. The van der Waals surface area contributed by atoms with Crippen LogP contribution in [-0.2, 0) is 20.7 Å². The van der Waals surface area contributed by atoms with E-state index in [1.807, 2.05) is 0 Å². The molecule has 1 heterocycles. The van der Waals surface area contributed by atoms with Gasteiger partial charge in [-0.3, -0.25) is 9.59 Å². The summed E-state index contributed by atoms with van der Waals surface area (Å²) in [7, 11) is 1.48. The molecule has 0 spiro atoms. The van der Waals surface area contributed by atoms with E-state index in [1.54, 1.807) is 23.1 Å². The third kappa shape index (κ3) is 4.41. The van der Waals surface area contributed by atoms with E-state index >= 15 is 0 Å². The average molecular weight is 374 g/mol. The number of benzene rings is 1. The molecular weight excluding hydrogens is 353 g/mol. The van der Waals surface area contributed by atoms with Crippen LogP contribution < -0.4 is 0 Å². The van der Waals surface area contributed by atoms with E-state index in [9.17, 15) is 14.7 Å². The molecule has 1 aromatic rings. The SMILES string of the molecule is COCC1(C(=O)O)CCCN(C(=O)CCc2ccc(Cl)cc2Cl)C1. The first kappa shape index (κ1) is 19.0. The highest BCUT2D eigenvalue weighted by atomic mass is 35.5. The van der Waals surface area contributed by atoms with Crippen molar-refractivity contribution < 1.29 is 19.4 Å². The molecule has 1 unspecified atom stereocenters. The smallest absolute Gasteiger partial charge is 0.313 e. The third-order valence-corrected chi connectivity index (χ3v) is 5.01. The molecule has 1 aliphatic rings. The Morgan fingerprint density at radius 2 is 2.12 bits per heavy atom. The number of nitrogens with zero attached hydrogens (tertiary/aromatic N) is 1. The van der Waals surface area contributed by atoms with Gasteiger partial charge in [0, 0.05) is 36.7 Å². The van der Waals surface area contributed by atoms with E-state index in [0.29, 0.717) is 35.9 Å². The maximum Gasteiger partial charge on any atom is 0.313 e. The van der Waals surface area contributed by atoms with Gasteiger partial charge in [0.25, 0.3) is 0 Å². The number of aliphatic carboxylic acids is 1. The minimum atomic E-state index is -1.01. The summed E-state index contributed by atoms with van der Waals surface area (Å²) in [6, 6.07) is 5.20. The van der Waals surface area contributed by atoms with Crippen LogP contribution in [0.25, 0.3) is 0 Å². The van der Waals surface area contributed by atoms with Gasteiger partial charge in [0.2, 0.25) is 5.91 Å². The van der Waals surface area contributed by atoms with Crippen LogP contribution in [0.15, 0.2) is 18.2 Å². The number of carboxylic acids is 1. The molecule has 5 nitrogen and oxygen atoms in total. The van der Waals surface area contributed by atoms with Gasteiger partial charge in [-0.05, 0) is 37.0 Å². The van der Waals surface area contributed by atoms with Crippen LogP contribution in [-0.4, -0.2) is 48.7 Å². The molecule has 0 saturated carbocycles. The van der Waals surface area contributed by atoms with Crippen molar-refractivity contribution >= 4 is 35.1 Å². The number of piperidine rings is 1. The van der Waals surface area contributed by atoms with Crippen molar-refractivity contribution in [3.63, 3.8) is 0 Å². The minimum Gasteiger partial charge on any atom is -0.481 e. The fraction of sp³-hybridized carbons (Fsp3) is 0.529. The molecule has 7 heteroatoms. The Kier molecular flexibility index (Phi) is 6.49. The lowest BCUT2D eigenvalue weighted by atomic mass is 9.80. The van der Waals surface area contributed by atoms with Crippen molar-refractivity contribution in [2.45, 2.75) is 25.7 Å². The highest BCUT2D eigenvalue weighted by Crippen LogP contribution is 2.31. The van der Waals surface area contributed by atoms with Crippen molar-refractivity contribution in [3.8, 4) is 0 Å². The van der Waals surface area contributed by atoms with Crippen LogP contribution in [0, 0.1) is 5.41 Å². The van der Waals surface area contributed by atoms with Crippen molar-refractivity contribution in [2.75, 3.05) is 26.8 Å². The summed E-state index contributed by atoms with van der Waals surface area (Å²) in [6.07, 6.45) is 1.95. The number of halogens is 2. The Balaban J connectivity index is 2.00. The second-order valence-corrected chi connectivity index (χ2v) is 7.02. The van der Waals surface area contributed by atoms with E-state index in [-0.39, 0.29) is 25.5 Å². The molecule has 1 saturated heterocycles. The molecule has 0 radical (unpaired) electrons. The number of carbonyl (C=O) groups excluding carboxylic acids is 1. The minimum absolute atomic E-state index is 0.0672. The monoisotopic (exact) mass is 373 g/mol. The lowest BCUT2D eigenvalue weighted by molar-refractivity contribution is -0.159. The summed E-state index contributed by atoms with van der Waals surface area (Å²) < 4.78 is 5.08. The van der Waals surface area contributed by atoms with Gasteiger partial charge in [-0.15, -0.1) is 0 Å². The zero-order chi connectivity index (χ0) is 17.7. The summed E-state index contributed by atoms with van der Waals surface area (Å²) in [5.74, 6) is -0.981. The number of amides is 1. The predicted octanol–water partition coefficient (Wildman–Crippen LogP) is 3.27. The molecule has 1 aromatic carbocycles. The maximum atomic E-state index is 12.5. The van der Waals surface area contributed by atoms with Crippen molar-refractivity contribution in [1.82, 2.24) is 4.90 Å². The number of carbonyl (C=O) groups is 2. The molecule has 0 aliphatic carbocycles. The molecule has 1 atom stereocenters. The molecule has 1 N–H and O–H groups in total. The molecular formula is C17H21Cl2NO4. The van der Waals surface area contributed by atoms with Gasteiger partial charge in [-0.25, -0.2) is 0 Å². The molecule has 0 aromatic heterocycles. The third-order valence-electron chi connectivity index (χ3n) is 4.43. The quantitative estimate of drug-likeness (QED) is 0.830. The number of hydrogen-bond acceptors (Lipinski definition) is 3.